The Morgan fingerprint density at radius 3 is 2.80 bits per heavy atom. The van der Waals surface area contributed by atoms with Gasteiger partial charge in [-0.1, -0.05) is 23.7 Å². The molecule has 1 aromatic rings. The van der Waals surface area contributed by atoms with Crippen LogP contribution in [0.15, 0.2) is 69.3 Å². The molecule has 2 N–H and O–H groups in total. The summed E-state index contributed by atoms with van der Waals surface area (Å²) in [6, 6.07) is 6.20. The average molecular weight is 376 g/mol. The molecule has 1 unspecified atom stereocenters. The van der Waals surface area contributed by atoms with E-state index in [0.717, 1.165) is 0 Å². The zero-order valence-corrected chi connectivity index (χ0v) is 14.6. The van der Waals surface area contributed by atoms with Gasteiger partial charge < -0.3 is 5.32 Å². The second kappa shape index (κ2) is 5.57. The summed E-state index contributed by atoms with van der Waals surface area (Å²) in [5.41, 5.74) is 0.353. The summed E-state index contributed by atoms with van der Waals surface area (Å²) in [4.78, 5) is 16.9. The topological polar surface area (TPSA) is 87.6 Å². The Balaban J connectivity index is 1.76. The minimum atomic E-state index is -3.90. The van der Waals surface area contributed by atoms with Gasteiger partial charge in [0.1, 0.15) is 4.90 Å². The number of benzene rings is 1. The number of carbonyl (C=O) groups excluding carboxylic acids is 1. The highest BCUT2D eigenvalue weighted by atomic mass is 35.5. The van der Waals surface area contributed by atoms with Crippen molar-refractivity contribution in [3.8, 4) is 0 Å². The minimum Gasteiger partial charge on any atom is -0.385 e. The van der Waals surface area contributed by atoms with Crippen LogP contribution in [0.3, 0.4) is 0 Å². The summed E-state index contributed by atoms with van der Waals surface area (Å²) in [7, 11) is -3.90. The third-order valence-corrected chi connectivity index (χ3v) is 6.30. The summed E-state index contributed by atoms with van der Waals surface area (Å²) in [6.45, 7) is 0.545. The minimum absolute atomic E-state index is 0.0194. The molecule has 25 heavy (non-hydrogen) atoms. The Labute approximate surface area is 150 Å². The molecule has 0 saturated carbocycles. The van der Waals surface area contributed by atoms with Gasteiger partial charge in [0.2, 0.25) is 0 Å². The Kier molecular flexibility index (Phi) is 3.59. The first-order chi connectivity index (χ1) is 11.9. The van der Waals surface area contributed by atoms with Crippen LogP contribution in [0.4, 0.5) is 0 Å². The SMILES string of the molecule is O=C1CCNC2=CC=C(NS(=O)(=O)c3ccccc3Cl)C3=CC=NC123. The Morgan fingerprint density at radius 2 is 2.00 bits per heavy atom. The third kappa shape index (κ3) is 2.34. The number of sulfonamides is 1. The number of carbonyl (C=O) groups is 1. The molecule has 3 aliphatic rings. The maximum atomic E-state index is 12.7. The average Bonchev–Trinajstić information content (AvgIpc) is 3.02. The number of piperidine rings is 1. The second-order valence-corrected chi connectivity index (χ2v) is 7.92. The van der Waals surface area contributed by atoms with E-state index < -0.39 is 15.6 Å². The molecule has 1 spiro atoms. The summed E-state index contributed by atoms with van der Waals surface area (Å²) in [5.74, 6) is -0.0555. The molecule has 1 aliphatic carbocycles. The van der Waals surface area contributed by atoms with Crippen LogP contribution in [0.1, 0.15) is 6.42 Å². The van der Waals surface area contributed by atoms with Crippen molar-refractivity contribution in [2.45, 2.75) is 16.9 Å². The first kappa shape index (κ1) is 16.1. The number of hydrogen-bond donors (Lipinski definition) is 2. The van der Waals surface area contributed by atoms with Crippen molar-refractivity contribution in [2.75, 3.05) is 6.54 Å². The van der Waals surface area contributed by atoms with E-state index in [4.69, 9.17) is 11.6 Å². The lowest BCUT2D eigenvalue weighted by molar-refractivity contribution is -0.122. The molecule has 0 radical (unpaired) electrons. The third-order valence-electron chi connectivity index (χ3n) is 4.44. The van der Waals surface area contributed by atoms with Gasteiger partial charge in [-0.15, -0.1) is 0 Å². The van der Waals surface area contributed by atoms with Crippen LogP contribution in [0.2, 0.25) is 5.02 Å². The van der Waals surface area contributed by atoms with Crippen molar-refractivity contribution in [1.29, 1.82) is 0 Å². The number of hydrogen-bond acceptors (Lipinski definition) is 5. The van der Waals surface area contributed by atoms with E-state index in [1.807, 2.05) is 0 Å². The van der Waals surface area contributed by atoms with Crippen LogP contribution >= 0.6 is 11.6 Å². The van der Waals surface area contributed by atoms with Gasteiger partial charge in [-0.25, -0.2) is 8.42 Å². The molecular formula is C17H14ClN3O3S. The zero-order valence-electron chi connectivity index (χ0n) is 13.0. The molecule has 0 amide bonds. The van der Waals surface area contributed by atoms with Gasteiger partial charge in [-0.2, -0.15) is 0 Å². The summed E-state index contributed by atoms with van der Waals surface area (Å²) in [5, 5.41) is 3.31. The normalized spacial score (nSPS) is 24.5. The maximum Gasteiger partial charge on any atom is 0.263 e. The number of rotatable bonds is 3. The van der Waals surface area contributed by atoms with Crippen molar-refractivity contribution in [1.82, 2.24) is 10.0 Å². The van der Waals surface area contributed by atoms with Crippen LogP contribution in [0.5, 0.6) is 0 Å². The van der Waals surface area contributed by atoms with Gasteiger partial charge in [-0.3, -0.25) is 14.5 Å². The summed E-state index contributed by atoms with van der Waals surface area (Å²) in [6.07, 6.45) is 6.86. The van der Waals surface area contributed by atoms with Crippen molar-refractivity contribution in [3.05, 3.63) is 64.5 Å². The highest BCUT2D eigenvalue weighted by Crippen LogP contribution is 2.42. The second-order valence-electron chi connectivity index (χ2n) is 5.87. The quantitative estimate of drug-likeness (QED) is 0.841. The molecule has 1 aromatic carbocycles. The first-order valence-corrected chi connectivity index (χ1v) is 9.54. The van der Waals surface area contributed by atoms with Gasteiger partial charge in [0.25, 0.3) is 10.0 Å². The van der Waals surface area contributed by atoms with E-state index in [-0.39, 0.29) is 15.7 Å². The molecule has 2 heterocycles. The maximum absolute atomic E-state index is 12.7. The van der Waals surface area contributed by atoms with Crippen molar-refractivity contribution in [2.24, 2.45) is 4.99 Å². The van der Waals surface area contributed by atoms with E-state index in [9.17, 15) is 13.2 Å². The van der Waals surface area contributed by atoms with Gasteiger partial charge in [-0.05, 0) is 30.4 Å². The number of aliphatic imine (C=N–C) groups is 1. The molecule has 0 bridgehead atoms. The van der Waals surface area contributed by atoms with E-state index in [2.05, 4.69) is 15.0 Å². The molecule has 1 saturated heterocycles. The Hall–Kier alpha value is -2.38. The van der Waals surface area contributed by atoms with Crippen LogP contribution in [0, 0.1) is 0 Å². The Bertz CT molecular complexity index is 1010. The first-order valence-electron chi connectivity index (χ1n) is 7.68. The van der Waals surface area contributed by atoms with Crippen LogP contribution < -0.4 is 10.0 Å². The number of allylic oxidation sites excluding steroid dienone is 3. The molecule has 6 nitrogen and oxygen atoms in total. The van der Waals surface area contributed by atoms with Gasteiger partial charge in [0.05, 0.1) is 16.4 Å². The smallest absolute Gasteiger partial charge is 0.263 e. The van der Waals surface area contributed by atoms with Crippen LogP contribution in [-0.4, -0.2) is 32.5 Å². The largest absolute Gasteiger partial charge is 0.385 e. The lowest BCUT2D eigenvalue weighted by Gasteiger charge is -2.38. The monoisotopic (exact) mass is 375 g/mol. The summed E-state index contributed by atoms with van der Waals surface area (Å²) >= 11 is 6.02. The van der Waals surface area contributed by atoms with Crippen molar-refractivity contribution < 1.29 is 13.2 Å². The standard InChI is InChI=1S/C17H14ClN3O3S/c18-12-3-1-2-4-14(12)25(23,24)21-13-5-6-15-17(11(13)7-10-20-17)16(22)8-9-19-15/h1-7,10,19,21H,8-9H2. The van der Waals surface area contributed by atoms with Crippen molar-refractivity contribution >= 4 is 33.6 Å². The van der Waals surface area contributed by atoms with Gasteiger partial charge in [0.15, 0.2) is 11.3 Å². The van der Waals surface area contributed by atoms with E-state index in [1.54, 1.807) is 30.4 Å². The zero-order chi connectivity index (χ0) is 17.7. The number of ketones is 1. The van der Waals surface area contributed by atoms with Gasteiger partial charge >= 0.3 is 0 Å². The van der Waals surface area contributed by atoms with Crippen LogP contribution in [-0.2, 0) is 14.8 Å². The van der Waals surface area contributed by atoms with E-state index in [0.29, 0.717) is 29.9 Å². The number of halogens is 1. The van der Waals surface area contributed by atoms with Crippen molar-refractivity contribution in [3.63, 3.8) is 0 Å². The lowest BCUT2D eigenvalue weighted by atomic mass is 9.76. The van der Waals surface area contributed by atoms with E-state index >= 15 is 0 Å². The molecule has 1 fully saturated rings. The number of nitrogens with one attached hydrogen (secondary N) is 2. The molecular weight excluding hydrogens is 362 g/mol. The predicted octanol–water partition coefficient (Wildman–Crippen LogP) is 1.71. The number of nitrogens with zero attached hydrogens (tertiary/aromatic N) is 1. The fourth-order valence-corrected chi connectivity index (χ4v) is 4.89. The fraction of sp³-hybridized carbons (Fsp3) is 0.176. The van der Waals surface area contributed by atoms with Gasteiger partial charge in [0, 0.05) is 24.8 Å². The molecule has 0 aromatic heterocycles. The summed E-state index contributed by atoms with van der Waals surface area (Å²) < 4.78 is 28.0. The van der Waals surface area contributed by atoms with Crippen LogP contribution in [0.25, 0.3) is 0 Å². The molecule has 1 atom stereocenters. The van der Waals surface area contributed by atoms with E-state index in [1.165, 1.54) is 18.3 Å². The fourth-order valence-electron chi connectivity index (χ4n) is 3.29. The molecule has 4 rings (SSSR count). The molecule has 8 heteroatoms. The molecule has 2 aliphatic heterocycles. The lowest BCUT2D eigenvalue weighted by Crippen LogP contribution is -2.52. The number of Topliss-reactive ketones (excluding diaryl/α,β-unsaturated/α-hetero) is 1. The highest BCUT2D eigenvalue weighted by Gasteiger charge is 2.51. The predicted molar refractivity (Wildman–Crippen MR) is 94.9 cm³/mol. The Morgan fingerprint density at radius 1 is 1.20 bits per heavy atom. The molecule has 128 valence electrons. The highest BCUT2D eigenvalue weighted by molar-refractivity contribution is 7.89.